The van der Waals surface area contributed by atoms with Crippen molar-refractivity contribution in [1.82, 2.24) is 15.5 Å². The van der Waals surface area contributed by atoms with E-state index in [0.717, 1.165) is 31.2 Å². The van der Waals surface area contributed by atoms with Crippen molar-refractivity contribution in [2.75, 3.05) is 6.54 Å². The van der Waals surface area contributed by atoms with Crippen molar-refractivity contribution in [3.8, 4) is 5.75 Å². The van der Waals surface area contributed by atoms with E-state index in [-0.39, 0.29) is 36.2 Å². The Bertz CT molecular complexity index is 934. The summed E-state index contributed by atoms with van der Waals surface area (Å²) in [5.41, 5.74) is 1.41. The molecule has 1 saturated carbocycles. The summed E-state index contributed by atoms with van der Waals surface area (Å²) >= 11 is 0. The highest BCUT2D eigenvalue weighted by Crippen LogP contribution is 2.31. The molecule has 2 heterocycles. The Hall–Kier alpha value is -2.74. The normalized spacial score (nSPS) is 25.4. The third-order valence-electron chi connectivity index (χ3n) is 6.77. The predicted molar refractivity (Wildman–Crippen MR) is 121 cm³/mol. The lowest BCUT2D eigenvalue weighted by molar-refractivity contribution is -0.136. The third-order valence-corrected chi connectivity index (χ3v) is 6.77. The molecule has 2 N–H and O–H groups in total. The molecule has 0 bridgehead atoms. The van der Waals surface area contributed by atoms with Crippen LogP contribution in [0.15, 0.2) is 30.6 Å². The number of amides is 3. The number of fused-ring (bicyclic) bond motifs is 1. The van der Waals surface area contributed by atoms with E-state index in [0.29, 0.717) is 43.7 Å². The number of imide groups is 1. The largest absolute Gasteiger partial charge is 0.489 e. The summed E-state index contributed by atoms with van der Waals surface area (Å²) in [6.45, 7) is 4.36. The molecule has 1 aromatic rings. The summed E-state index contributed by atoms with van der Waals surface area (Å²) in [6, 6.07) is 5.05. The number of ether oxygens (including phenoxy) is 1. The number of carbonyl (C=O) groups is 3. The Morgan fingerprint density at radius 2 is 2.00 bits per heavy atom. The van der Waals surface area contributed by atoms with Crippen molar-refractivity contribution in [3.05, 3.63) is 41.7 Å². The molecule has 1 aromatic carbocycles. The Kier molecular flexibility index (Phi) is 7.42. The van der Waals surface area contributed by atoms with Gasteiger partial charge in [-0.1, -0.05) is 19.4 Å². The molecule has 3 amide bonds. The molecule has 0 spiro atoms. The van der Waals surface area contributed by atoms with Crippen molar-refractivity contribution in [2.45, 2.75) is 82.5 Å². The molecule has 1 aliphatic carbocycles. The van der Waals surface area contributed by atoms with Gasteiger partial charge in [-0.25, -0.2) is 4.39 Å². The van der Waals surface area contributed by atoms with E-state index in [1.165, 1.54) is 6.42 Å². The van der Waals surface area contributed by atoms with Crippen molar-refractivity contribution < 1.29 is 23.5 Å². The van der Waals surface area contributed by atoms with E-state index in [2.05, 4.69) is 17.2 Å². The van der Waals surface area contributed by atoms with Gasteiger partial charge >= 0.3 is 0 Å². The fourth-order valence-corrected chi connectivity index (χ4v) is 5.01. The molecule has 3 aliphatic rings. The molecule has 178 valence electrons. The highest BCUT2D eigenvalue weighted by Gasteiger charge is 2.39. The Morgan fingerprint density at radius 3 is 2.79 bits per heavy atom. The topological polar surface area (TPSA) is 87.7 Å². The lowest BCUT2D eigenvalue weighted by atomic mass is 10.0. The van der Waals surface area contributed by atoms with Gasteiger partial charge in [-0.15, -0.1) is 0 Å². The molecular formula is C25H32FN3O4. The van der Waals surface area contributed by atoms with Gasteiger partial charge < -0.3 is 15.0 Å². The quantitative estimate of drug-likeness (QED) is 0.355. The second-order valence-electron chi connectivity index (χ2n) is 9.19. The number of allylic oxidation sites excluding steroid dienone is 1. The number of nitrogens with zero attached hydrogens (tertiary/aromatic N) is 1. The summed E-state index contributed by atoms with van der Waals surface area (Å²) in [5, 5.41) is 5.87. The van der Waals surface area contributed by atoms with Crippen LogP contribution in [0.5, 0.6) is 5.75 Å². The maximum atomic E-state index is 12.9. The van der Waals surface area contributed by atoms with Crippen LogP contribution in [0.3, 0.4) is 0 Å². The van der Waals surface area contributed by atoms with Gasteiger partial charge in [-0.05, 0) is 68.8 Å². The molecule has 1 unspecified atom stereocenters. The average molecular weight is 458 g/mol. The Morgan fingerprint density at radius 1 is 1.18 bits per heavy atom. The van der Waals surface area contributed by atoms with Crippen molar-refractivity contribution in [1.29, 1.82) is 0 Å². The highest BCUT2D eigenvalue weighted by atomic mass is 19.1. The number of halogens is 1. The minimum atomic E-state index is -0.622. The molecule has 8 heteroatoms. The maximum absolute atomic E-state index is 12.9. The monoisotopic (exact) mass is 457 g/mol. The van der Waals surface area contributed by atoms with Gasteiger partial charge in [-0.3, -0.25) is 19.7 Å². The fourth-order valence-electron chi connectivity index (χ4n) is 5.01. The first-order chi connectivity index (χ1) is 15.9. The minimum absolute atomic E-state index is 0.00229. The second kappa shape index (κ2) is 10.5. The lowest BCUT2D eigenvalue weighted by Gasteiger charge is -2.29. The summed E-state index contributed by atoms with van der Waals surface area (Å²) < 4.78 is 19.3. The zero-order chi connectivity index (χ0) is 23.4. The molecule has 4 rings (SSSR count). The van der Waals surface area contributed by atoms with Crippen molar-refractivity contribution >= 4 is 17.7 Å². The van der Waals surface area contributed by atoms with Crippen LogP contribution in [0.2, 0.25) is 0 Å². The van der Waals surface area contributed by atoms with E-state index in [9.17, 15) is 18.8 Å². The first kappa shape index (κ1) is 23.4. The van der Waals surface area contributed by atoms with E-state index in [4.69, 9.17) is 4.74 Å². The lowest BCUT2D eigenvalue weighted by Crippen LogP contribution is -2.52. The highest BCUT2D eigenvalue weighted by molar-refractivity contribution is 6.05. The summed E-state index contributed by atoms with van der Waals surface area (Å²) in [7, 11) is 0. The SMILES string of the molecule is C=C(F)CCCN[C@H]1CCCCC[C@H]1Oc1ccc2c(c1)CN(C1CCC(=O)NC1=O)C2=O. The van der Waals surface area contributed by atoms with Gasteiger partial charge in [0.1, 0.15) is 17.9 Å². The maximum Gasteiger partial charge on any atom is 0.255 e. The summed E-state index contributed by atoms with van der Waals surface area (Å²) in [4.78, 5) is 38.1. The molecule has 1 saturated heterocycles. The van der Waals surface area contributed by atoms with Crippen LogP contribution in [-0.4, -0.2) is 47.4 Å². The number of benzene rings is 1. The number of piperidine rings is 1. The first-order valence-electron chi connectivity index (χ1n) is 11.9. The Balaban J connectivity index is 1.41. The number of hydrogen-bond acceptors (Lipinski definition) is 5. The van der Waals surface area contributed by atoms with Gasteiger partial charge in [-0.2, -0.15) is 0 Å². The molecular weight excluding hydrogens is 425 g/mol. The summed E-state index contributed by atoms with van der Waals surface area (Å²) in [5.74, 6) is -0.466. The van der Waals surface area contributed by atoms with E-state index < -0.39 is 11.9 Å². The first-order valence-corrected chi connectivity index (χ1v) is 11.9. The van der Waals surface area contributed by atoms with E-state index in [1.807, 2.05) is 12.1 Å². The molecule has 7 nitrogen and oxygen atoms in total. The zero-order valence-corrected chi connectivity index (χ0v) is 18.9. The molecule has 2 fully saturated rings. The van der Waals surface area contributed by atoms with Gasteiger partial charge in [0.2, 0.25) is 11.8 Å². The summed E-state index contributed by atoms with van der Waals surface area (Å²) in [6.07, 6.45) is 6.99. The van der Waals surface area contributed by atoms with Gasteiger partial charge in [0.05, 0.1) is 5.83 Å². The van der Waals surface area contributed by atoms with E-state index >= 15 is 0 Å². The van der Waals surface area contributed by atoms with Crippen molar-refractivity contribution in [3.63, 3.8) is 0 Å². The molecule has 33 heavy (non-hydrogen) atoms. The fraction of sp³-hybridized carbons (Fsp3) is 0.560. The van der Waals surface area contributed by atoms with Crippen LogP contribution < -0.4 is 15.4 Å². The van der Waals surface area contributed by atoms with Crippen LogP contribution in [0.1, 0.15) is 73.7 Å². The standard InChI is InChI=1S/C25H32FN3O4/c1-16(26)6-5-13-27-20-7-3-2-4-8-22(20)33-18-9-10-19-17(14-18)15-29(25(19)32)21-11-12-23(30)28-24(21)31/h9-10,14,20-22,27H,1-8,11-13,15H2,(H,28,30,31)/t20-,21?,22+/m0/s1. The number of hydrogen-bond donors (Lipinski definition) is 2. The number of nitrogens with one attached hydrogen (secondary N) is 2. The van der Waals surface area contributed by atoms with Gasteiger partial charge in [0, 0.05) is 24.6 Å². The number of carbonyl (C=O) groups excluding carboxylic acids is 3. The van der Waals surface area contributed by atoms with Crippen LogP contribution in [0.25, 0.3) is 0 Å². The average Bonchev–Trinajstić information content (AvgIpc) is 2.94. The van der Waals surface area contributed by atoms with Crippen LogP contribution in [0.4, 0.5) is 4.39 Å². The van der Waals surface area contributed by atoms with Gasteiger partial charge in [0.25, 0.3) is 5.91 Å². The smallest absolute Gasteiger partial charge is 0.255 e. The number of rotatable bonds is 8. The minimum Gasteiger partial charge on any atom is -0.489 e. The van der Waals surface area contributed by atoms with Gasteiger partial charge in [0.15, 0.2) is 0 Å². The van der Waals surface area contributed by atoms with Crippen LogP contribution in [0, 0.1) is 0 Å². The molecule has 0 aromatic heterocycles. The molecule has 0 radical (unpaired) electrons. The van der Waals surface area contributed by atoms with Crippen LogP contribution in [-0.2, 0) is 16.1 Å². The predicted octanol–water partition coefficient (Wildman–Crippen LogP) is 3.38. The third kappa shape index (κ3) is 5.61. The second-order valence-corrected chi connectivity index (χ2v) is 9.19. The molecule has 2 aliphatic heterocycles. The van der Waals surface area contributed by atoms with E-state index in [1.54, 1.807) is 11.0 Å². The molecule has 3 atom stereocenters. The Labute approximate surface area is 193 Å². The zero-order valence-electron chi connectivity index (χ0n) is 18.9. The van der Waals surface area contributed by atoms with Crippen LogP contribution >= 0.6 is 0 Å². The van der Waals surface area contributed by atoms with Crippen molar-refractivity contribution in [2.24, 2.45) is 0 Å².